The van der Waals surface area contributed by atoms with E-state index in [4.69, 9.17) is 10.5 Å². The minimum atomic E-state index is -0.0734. The summed E-state index contributed by atoms with van der Waals surface area (Å²) in [7, 11) is 0. The molecule has 0 bridgehead atoms. The molecule has 3 heteroatoms. The van der Waals surface area contributed by atoms with Crippen molar-refractivity contribution in [2.45, 2.75) is 88.7 Å². The summed E-state index contributed by atoms with van der Waals surface area (Å²) in [5.74, 6) is 1.58. The normalized spacial score (nSPS) is 32.4. The summed E-state index contributed by atoms with van der Waals surface area (Å²) >= 11 is 2.11. The second kappa shape index (κ2) is 5.95. The van der Waals surface area contributed by atoms with Gasteiger partial charge in [0.1, 0.15) is 0 Å². The van der Waals surface area contributed by atoms with Gasteiger partial charge in [0.2, 0.25) is 0 Å². The van der Waals surface area contributed by atoms with Crippen LogP contribution in [0.2, 0.25) is 0 Å². The molecular weight excluding hydrogens is 254 g/mol. The van der Waals surface area contributed by atoms with Crippen LogP contribution in [0.4, 0.5) is 0 Å². The average molecular weight is 285 g/mol. The zero-order chi connectivity index (χ0) is 14.1. The van der Waals surface area contributed by atoms with Crippen molar-refractivity contribution in [1.29, 1.82) is 0 Å². The maximum Gasteiger partial charge on any atom is 0.0677 e. The minimum absolute atomic E-state index is 0.0126. The van der Waals surface area contributed by atoms with Crippen molar-refractivity contribution in [1.82, 2.24) is 0 Å². The number of thioether (sulfide) groups is 1. The lowest BCUT2D eigenvalue weighted by Crippen LogP contribution is -2.42. The number of hydrogen-bond donors (Lipinski definition) is 1. The van der Waals surface area contributed by atoms with E-state index in [0.717, 1.165) is 17.4 Å². The largest absolute Gasteiger partial charge is 0.369 e. The molecule has 1 saturated heterocycles. The van der Waals surface area contributed by atoms with Crippen molar-refractivity contribution in [3.05, 3.63) is 0 Å². The fourth-order valence-electron chi connectivity index (χ4n) is 3.87. The summed E-state index contributed by atoms with van der Waals surface area (Å²) in [4.78, 5) is 0. The van der Waals surface area contributed by atoms with Gasteiger partial charge in [0, 0.05) is 23.0 Å². The monoisotopic (exact) mass is 285 g/mol. The SMILES string of the molecule is CC1(C)CC(C(N)CSC2CCCCC2)C(C)(C)O1. The lowest BCUT2D eigenvalue weighted by Gasteiger charge is -2.32. The Bertz CT molecular complexity index is 297. The summed E-state index contributed by atoms with van der Waals surface area (Å²) in [6.45, 7) is 8.79. The molecule has 0 amide bonds. The van der Waals surface area contributed by atoms with Gasteiger partial charge < -0.3 is 10.5 Å². The van der Waals surface area contributed by atoms with Gasteiger partial charge in [0.15, 0.2) is 0 Å². The van der Waals surface area contributed by atoms with Crippen molar-refractivity contribution in [3.8, 4) is 0 Å². The molecule has 1 aliphatic heterocycles. The maximum atomic E-state index is 6.49. The smallest absolute Gasteiger partial charge is 0.0677 e. The first-order valence-corrected chi connectivity index (χ1v) is 8.92. The summed E-state index contributed by atoms with van der Waals surface area (Å²) in [6.07, 6.45) is 8.14. The molecule has 2 rings (SSSR count). The van der Waals surface area contributed by atoms with Crippen molar-refractivity contribution in [2.24, 2.45) is 11.7 Å². The average Bonchev–Trinajstić information content (AvgIpc) is 2.56. The zero-order valence-electron chi connectivity index (χ0n) is 13.1. The molecular formula is C16H31NOS. The van der Waals surface area contributed by atoms with Gasteiger partial charge in [-0.05, 0) is 47.0 Å². The van der Waals surface area contributed by atoms with E-state index in [9.17, 15) is 0 Å². The van der Waals surface area contributed by atoms with Crippen LogP contribution >= 0.6 is 11.8 Å². The van der Waals surface area contributed by atoms with E-state index in [0.29, 0.717) is 5.92 Å². The van der Waals surface area contributed by atoms with E-state index < -0.39 is 0 Å². The molecule has 0 aromatic carbocycles. The highest BCUT2D eigenvalue weighted by molar-refractivity contribution is 7.99. The molecule has 1 heterocycles. The van der Waals surface area contributed by atoms with Crippen LogP contribution in [-0.2, 0) is 4.74 Å². The maximum absolute atomic E-state index is 6.49. The number of ether oxygens (including phenoxy) is 1. The molecule has 1 saturated carbocycles. The third kappa shape index (κ3) is 4.12. The molecule has 112 valence electrons. The van der Waals surface area contributed by atoms with Crippen LogP contribution in [0.1, 0.15) is 66.2 Å². The van der Waals surface area contributed by atoms with Crippen molar-refractivity contribution >= 4 is 11.8 Å². The van der Waals surface area contributed by atoms with Crippen molar-refractivity contribution in [3.63, 3.8) is 0 Å². The highest BCUT2D eigenvalue weighted by Gasteiger charge is 2.48. The van der Waals surface area contributed by atoms with Crippen LogP contribution in [0.15, 0.2) is 0 Å². The van der Waals surface area contributed by atoms with E-state index in [1.54, 1.807) is 0 Å². The number of hydrogen-bond acceptors (Lipinski definition) is 3. The topological polar surface area (TPSA) is 35.2 Å². The molecule has 19 heavy (non-hydrogen) atoms. The molecule has 0 aromatic heterocycles. The Morgan fingerprint density at radius 3 is 2.32 bits per heavy atom. The molecule has 2 unspecified atom stereocenters. The van der Waals surface area contributed by atoms with Gasteiger partial charge in [-0.1, -0.05) is 19.3 Å². The van der Waals surface area contributed by atoms with Crippen LogP contribution in [-0.4, -0.2) is 28.2 Å². The molecule has 2 nitrogen and oxygen atoms in total. The fraction of sp³-hybridized carbons (Fsp3) is 1.00. The van der Waals surface area contributed by atoms with Crippen LogP contribution < -0.4 is 5.73 Å². The first-order valence-electron chi connectivity index (χ1n) is 7.87. The Kier molecular flexibility index (Phi) is 4.90. The molecule has 2 N–H and O–H groups in total. The van der Waals surface area contributed by atoms with Crippen molar-refractivity contribution < 1.29 is 4.74 Å². The second-order valence-corrected chi connectivity index (χ2v) is 8.87. The molecule has 2 fully saturated rings. The van der Waals surface area contributed by atoms with Crippen molar-refractivity contribution in [2.75, 3.05) is 5.75 Å². The van der Waals surface area contributed by atoms with Gasteiger partial charge in [0.25, 0.3) is 0 Å². The third-order valence-corrected chi connectivity index (χ3v) is 6.26. The third-order valence-electron chi connectivity index (χ3n) is 4.74. The predicted octanol–water partition coefficient (Wildman–Crippen LogP) is 3.97. The van der Waals surface area contributed by atoms with Gasteiger partial charge in [-0.15, -0.1) is 0 Å². The highest BCUT2D eigenvalue weighted by Crippen LogP contribution is 2.44. The Hall–Kier alpha value is 0.270. The molecule has 0 radical (unpaired) electrons. The first kappa shape index (κ1) is 15.7. The molecule has 0 aromatic rings. The van der Waals surface area contributed by atoms with Gasteiger partial charge >= 0.3 is 0 Å². The van der Waals surface area contributed by atoms with Gasteiger partial charge in [0.05, 0.1) is 11.2 Å². The van der Waals surface area contributed by atoms with E-state index in [1.807, 2.05) is 0 Å². The Morgan fingerprint density at radius 1 is 1.16 bits per heavy atom. The standard InChI is InChI=1S/C16H31NOS/c1-15(2)10-13(16(3,4)18-15)14(17)11-19-12-8-6-5-7-9-12/h12-14H,5-11,17H2,1-4H3. The Balaban J connectivity index is 1.83. The number of nitrogens with two attached hydrogens (primary N) is 1. The van der Waals surface area contributed by atoms with Gasteiger partial charge in [-0.3, -0.25) is 0 Å². The van der Waals surface area contributed by atoms with Gasteiger partial charge in [-0.25, -0.2) is 0 Å². The summed E-state index contributed by atoms with van der Waals surface area (Å²) < 4.78 is 6.17. The molecule has 2 aliphatic rings. The van der Waals surface area contributed by atoms with Crippen LogP contribution in [0, 0.1) is 5.92 Å². The molecule has 1 aliphatic carbocycles. The molecule has 0 spiro atoms. The lowest BCUT2D eigenvalue weighted by atomic mass is 9.83. The molecule has 2 atom stereocenters. The lowest BCUT2D eigenvalue weighted by molar-refractivity contribution is -0.0759. The Labute approximate surface area is 123 Å². The highest BCUT2D eigenvalue weighted by atomic mass is 32.2. The van der Waals surface area contributed by atoms with E-state index in [-0.39, 0.29) is 17.2 Å². The fourth-order valence-corrected chi connectivity index (χ4v) is 5.26. The van der Waals surface area contributed by atoms with E-state index in [1.165, 1.54) is 32.1 Å². The van der Waals surface area contributed by atoms with Crippen LogP contribution in [0.25, 0.3) is 0 Å². The summed E-state index contributed by atoms with van der Waals surface area (Å²) in [5, 5.41) is 0.859. The predicted molar refractivity (Wildman–Crippen MR) is 84.7 cm³/mol. The van der Waals surface area contributed by atoms with E-state index >= 15 is 0 Å². The Morgan fingerprint density at radius 2 is 1.79 bits per heavy atom. The first-order chi connectivity index (χ1) is 8.80. The van der Waals surface area contributed by atoms with Gasteiger partial charge in [-0.2, -0.15) is 11.8 Å². The number of rotatable bonds is 4. The second-order valence-electron chi connectivity index (χ2n) is 7.53. The minimum Gasteiger partial charge on any atom is -0.369 e. The van der Waals surface area contributed by atoms with E-state index in [2.05, 4.69) is 39.5 Å². The van der Waals surface area contributed by atoms with Crippen LogP contribution in [0.3, 0.4) is 0 Å². The van der Waals surface area contributed by atoms with Crippen LogP contribution in [0.5, 0.6) is 0 Å². The zero-order valence-corrected chi connectivity index (χ0v) is 13.9. The summed E-state index contributed by atoms with van der Waals surface area (Å²) in [6, 6.07) is 0.267. The summed E-state index contributed by atoms with van der Waals surface area (Å²) in [5.41, 5.74) is 6.41. The quantitative estimate of drug-likeness (QED) is 0.849.